The second-order valence-electron chi connectivity index (χ2n) is 7.83. The molecule has 0 aliphatic carbocycles. The molecule has 0 radical (unpaired) electrons. The summed E-state index contributed by atoms with van der Waals surface area (Å²) in [7, 11) is -1.55. The minimum absolute atomic E-state index is 0.0675. The zero-order chi connectivity index (χ0) is 21.4. The van der Waals surface area contributed by atoms with E-state index in [1.54, 1.807) is 31.4 Å². The van der Waals surface area contributed by atoms with Gasteiger partial charge in [-0.15, -0.1) is 0 Å². The Hall–Kier alpha value is -2.09. The van der Waals surface area contributed by atoms with Crippen LogP contribution in [0.15, 0.2) is 59.5 Å². The summed E-state index contributed by atoms with van der Waals surface area (Å²) in [6.07, 6.45) is 1.01. The van der Waals surface area contributed by atoms with E-state index in [2.05, 4.69) is 27.2 Å². The molecule has 1 atom stereocenters. The Kier molecular flexibility index (Phi) is 8.13. The van der Waals surface area contributed by atoms with E-state index >= 15 is 0 Å². The van der Waals surface area contributed by atoms with Crippen LogP contribution in [0.1, 0.15) is 13.3 Å². The maximum absolute atomic E-state index is 12.4. The van der Waals surface area contributed by atoms with Gasteiger partial charge in [-0.2, -0.15) is 0 Å². The van der Waals surface area contributed by atoms with Gasteiger partial charge in [0, 0.05) is 37.9 Å². The van der Waals surface area contributed by atoms with E-state index in [1.165, 1.54) is 5.69 Å². The predicted octanol–water partition coefficient (Wildman–Crippen LogP) is 2.66. The Morgan fingerprint density at radius 2 is 1.67 bits per heavy atom. The van der Waals surface area contributed by atoms with Crippen LogP contribution in [0.4, 0.5) is 5.69 Å². The zero-order valence-corrected chi connectivity index (χ0v) is 18.8. The number of rotatable bonds is 10. The van der Waals surface area contributed by atoms with Gasteiger partial charge >= 0.3 is 0 Å². The molecule has 0 bridgehead atoms. The predicted molar refractivity (Wildman–Crippen MR) is 122 cm³/mol. The Bertz CT molecular complexity index is 864. The molecule has 3 rings (SSSR count). The lowest BCUT2D eigenvalue weighted by atomic mass is 10.2. The number of nitrogens with zero attached hydrogens (tertiary/aromatic N) is 2. The van der Waals surface area contributed by atoms with Crippen molar-refractivity contribution in [3.05, 3.63) is 54.6 Å². The first kappa shape index (κ1) is 22.6. The normalized spacial score (nSPS) is 16.4. The highest BCUT2D eigenvalue weighted by atomic mass is 32.2. The minimum Gasteiger partial charge on any atom is -0.497 e. The Morgan fingerprint density at radius 1 is 1.00 bits per heavy atom. The number of sulfone groups is 1. The average Bonchev–Trinajstić information content (AvgIpc) is 2.77. The van der Waals surface area contributed by atoms with Crippen LogP contribution in [0.25, 0.3) is 0 Å². The lowest BCUT2D eigenvalue weighted by Crippen LogP contribution is -2.47. The van der Waals surface area contributed by atoms with Crippen LogP contribution in [0, 0.1) is 0 Å². The van der Waals surface area contributed by atoms with Crippen LogP contribution in [0.5, 0.6) is 5.75 Å². The van der Waals surface area contributed by atoms with Crippen LogP contribution in [-0.4, -0.2) is 71.5 Å². The number of hydrogen-bond acceptors (Lipinski definition) is 6. The Morgan fingerprint density at radius 3 is 2.30 bits per heavy atom. The van der Waals surface area contributed by atoms with Crippen molar-refractivity contribution in [3.63, 3.8) is 0 Å². The molecule has 7 heteroatoms. The number of anilines is 1. The molecule has 0 saturated carbocycles. The molecule has 2 aromatic carbocycles. The monoisotopic (exact) mass is 431 g/mol. The topological polar surface area (TPSA) is 61.9 Å². The van der Waals surface area contributed by atoms with Gasteiger partial charge in [-0.3, -0.25) is 4.90 Å². The fourth-order valence-corrected chi connectivity index (χ4v) is 5.33. The Labute approximate surface area is 180 Å². The number of ether oxygens (including phenoxy) is 1. The number of piperazine rings is 1. The summed E-state index contributed by atoms with van der Waals surface area (Å²) in [6.45, 7) is 7.92. The summed E-state index contributed by atoms with van der Waals surface area (Å²) in [5.41, 5.74) is 1.24. The van der Waals surface area contributed by atoms with Crippen molar-refractivity contribution in [2.75, 3.05) is 57.0 Å². The van der Waals surface area contributed by atoms with Gasteiger partial charge in [-0.25, -0.2) is 8.42 Å². The smallest absolute Gasteiger partial charge is 0.179 e. The van der Waals surface area contributed by atoms with Gasteiger partial charge in [-0.1, -0.05) is 18.2 Å². The van der Waals surface area contributed by atoms with Crippen molar-refractivity contribution in [1.82, 2.24) is 10.2 Å². The summed E-state index contributed by atoms with van der Waals surface area (Å²) in [5, 5.41) is 3.37. The summed E-state index contributed by atoms with van der Waals surface area (Å²) in [5.74, 6) is 1.01. The first-order chi connectivity index (χ1) is 14.5. The molecule has 1 aliphatic heterocycles. The second-order valence-corrected chi connectivity index (χ2v) is 9.86. The summed E-state index contributed by atoms with van der Waals surface area (Å²) in [4.78, 5) is 5.28. The van der Waals surface area contributed by atoms with Crippen molar-refractivity contribution >= 4 is 15.5 Å². The third-order valence-electron chi connectivity index (χ3n) is 5.53. The molecule has 164 valence electrons. The summed E-state index contributed by atoms with van der Waals surface area (Å²) < 4.78 is 30.1. The van der Waals surface area contributed by atoms with Crippen molar-refractivity contribution < 1.29 is 13.2 Å². The van der Waals surface area contributed by atoms with Crippen molar-refractivity contribution in [1.29, 1.82) is 0 Å². The van der Waals surface area contributed by atoms with E-state index in [0.717, 1.165) is 51.4 Å². The molecule has 1 heterocycles. The summed E-state index contributed by atoms with van der Waals surface area (Å²) in [6, 6.07) is 16.9. The first-order valence-electron chi connectivity index (χ1n) is 10.6. The molecule has 1 saturated heterocycles. The first-order valence-corrected chi connectivity index (χ1v) is 12.3. The molecule has 0 amide bonds. The van der Waals surface area contributed by atoms with Gasteiger partial charge in [0.1, 0.15) is 5.75 Å². The highest BCUT2D eigenvalue weighted by molar-refractivity contribution is 7.91. The van der Waals surface area contributed by atoms with E-state index in [4.69, 9.17) is 4.74 Å². The minimum atomic E-state index is -3.24. The van der Waals surface area contributed by atoms with Gasteiger partial charge in [0.25, 0.3) is 0 Å². The van der Waals surface area contributed by atoms with E-state index < -0.39 is 9.84 Å². The SMILES string of the molecule is COc1ccc(N2CCN(CCCN[C@@H](C)CS(=O)(=O)c3ccccc3)CC2)cc1. The Balaban J connectivity index is 1.33. The van der Waals surface area contributed by atoms with Gasteiger partial charge < -0.3 is 15.0 Å². The van der Waals surface area contributed by atoms with E-state index in [-0.39, 0.29) is 11.8 Å². The lowest BCUT2D eigenvalue weighted by Gasteiger charge is -2.36. The van der Waals surface area contributed by atoms with Crippen LogP contribution in [0.2, 0.25) is 0 Å². The van der Waals surface area contributed by atoms with E-state index in [1.807, 2.05) is 25.1 Å². The van der Waals surface area contributed by atoms with Gasteiger partial charge in [0.05, 0.1) is 17.8 Å². The van der Waals surface area contributed by atoms with Crippen LogP contribution < -0.4 is 15.0 Å². The third-order valence-corrected chi connectivity index (χ3v) is 7.45. The maximum atomic E-state index is 12.4. The second kappa shape index (κ2) is 10.8. The number of nitrogens with one attached hydrogen (secondary N) is 1. The molecular formula is C23H33N3O3S. The molecule has 0 spiro atoms. The molecule has 2 aromatic rings. The molecule has 0 aromatic heterocycles. The maximum Gasteiger partial charge on any atom is 0.179 e. The van der Waals surface area contributed by atoms with Gasteiger partial charge in [0.2, 0.25) is 0 Å². The number of hydrogen-bond donors (Lipinski definition) is 1. The third kappa shape index (κ3) is 6.45. The largest absolute Gasteiger partial charge is 0.497 e. The number of methoxy groups -OCH3 is 1. The molecule has 1 fully saturated rings. The lowest BCUT2D eigenvalue weighted by molar-refractivity contribution is 0.253. The fraction of sp³-hybridized carbons (Fsp3) is 0.478. The highest BCUT2D eigenvalue weighted by Gasteiger charge is 2.19. The molecule has 30 heavy (non-hydrogen) atoms. The summed E-state index contributed by atoms with van der Waals surface area (Å²) >= 11 is 0. The van der Waals surface area contributed by atoms with Crippen LogP contribution in [0.3, 0.4) is 0 Å². The molecular weight excluding hydrogens is 398 g/mol. The van der Waals surface area contributed by atoms with Gasteiger partial charge in [0.15, 0.2) is 9.84 Å². The van der Waals surface area contributed by atoms with E-state index in [9.17, 15) is 8.42 Å². The van der Waals surface area contributed by atoms with Crippen LogP contribution in [-0.2, 0) is 9.84 Å². The standard InChI is InChI=1S/C23H33N3O3S/c1-20(19-30(27,28)23-7-4-3-5-8-23)24-13-6-14-25-15-17-26(18-16-25)21-9-11-22(29-2)12-10-21/h3-5,7-12,20,24H,6,13-19H2,1-2H3/t20-/m0/s1. The average molecular weight is 432 g/mol. The van der Waals surface area contributed by atoms with E-state index in [0.29, 0.717) is 4.90 Å². The van der Waals surface area contributed by atoms with Crippen molar-refractivity contribution in [2.24, 2.45) is 0 Å². The molecule has 1 aliphatic rings. The molecule has 6 nitrogen and oxygen atoms in total. The quantitative estimate of drug-likeness (QED) is 0.584. The number of benzene rings is 2. The van der Waals surface area contributed by atoms with Crippen molar-refractivity contribution in [3.8, 4) is 5.75 Å². The molecule has 1 N–H and O–H groups in total. The zero-order valence-electron chi connectivity index (χ0n) is 18.0. The van der Waals surface area contributed by atoms with Gasteiger partial charge in [-0.05, 0) is 62.8 Å². The molecule has 0 unspecified atom stereocenters. The van der Waals surface area contributed by atoms with Crippen molar-refractivity contribution in [2.45, 2.75) is 24.3 Å². The van der Waals surface area contributed by atoms with Crippen LogP contribution >= 0.6 is 0 Å². The fourth-order valence-electron chi connectivity index (χ4n) is 3.79. The highest BCUT2D eigenvalue weighted by Crippen LogP contribution is 2.20.